The molecular weight excluding hydrogens is 355 g/mol. The minimum Gasteiger partial charge on any atom is -0.291 e. The van der Waals surface area contributed by atoms with Crippen LogP contribution < -0.4 is 0 Å². The van der Waals surface area contributed by atoms with Crippen molar-refractivity contribution in [3.05, 3.63) is 59.8 Å². The van der Waals surface area contributed by atoms with Crippen LogP contribution in [0.4, 0.5) is 13.2 Å². The van der Waals surface area contributed by atoms with Crippen molar-refractivity contribution in [2.45, 2.75) is 31.4 Å². The molecule has 2 aromatic heterocycles. The summed E-state index contributed by atoms with van der Waals surface area (Å²) in [5.74, 6) is -0.223. The van der Waals surface area contributed by atoms with Crippen LogP contribution in [0.15, 0.2) is 58.6 Å². The first-order chi connectivity index (χ1) is 13.0. The molecule has 0 amide bonds. The molecule has 27 heavy (non-hydrogen) atoms. The lowest BCUT2D eigenvalue weighted by Crippen LogP contribution is -2.27. The summed E-state index contributed by atoms with van der Waals surface area (Å²) in [7, 11) is 0. The summed E-state index contributed by atoms with van der Waals surface area (Å²) in [5, 5.41) is 9.21. The van der Waals surface area contributed by atoms with E-state index in [1.807, 2.05) is 12.1 Å². The van der Waals surface area contributed by atoms with E-state index in [-0.39, 0.29) is 12.3 Å². The molecule has 0 N–H and O–H groups in total. The molecule has 0 fully saturated rings. The van der Waals surface area contributed by atoms with Crippen LogP contribution in [-0.4, -0.2) is 27.0 Å². The highest BCUT2D eigenvalue weighted by Gasteiger charge is 2.36. The number of fused-ring (bicyclic) bond motifs is 1. The lowest BCUT2D eigenvalue weighted by molar-refractivity contribution is -0.0927. The van der Waals surface area contributed by atoms with Gasteiger partial charge in [-0.15, -0.1) is 0 Å². The molecule has 2 aliphatic heterocycles. The van der Waals surface area contributed by atoms with Gasteiger partial charge in [0, 0.05) is 18.3 Å². The molecule has 136 valence electrons. The average Bonchev–Trinajstić information content (AvgIpc) is 3.10. The molecule has 0 saturated heterocycles. The zero-order chi connectivity index (χ0) is 19.0. The highest BCUT2D eigenvalue weighted by atomic mass is 19.4. The van der Waals surface area contributed by atoms with Crippen LogP contribution in [0, 0.1) is 11.3 Å². The molecular formula is C19H14F3N5. The Bertz CT molecular complexity index is 1060. The molecule has 0 saturated carbocycles. The van der Waals surface area contributed by atoms with E-state index < -0.39 is 11.9 Å². The molecule has 2 aromatic rings. The van der Waals surface area contributed by atoms with Gasteiger partial charge in [0.1, 0.15) is 23.1 Å². The van der Waals surface area contributed by atoms with Crippen molar-refractivity contribution in [2.75, 3.05) is 0 Å². The molecule has 5 nitrogen and oxygen atoms in total. The first-order valence-electron chi connectivity index (χ1n) is 8.42. The van der Waals surface area contributed by atoms with E-state index >= 15 is 0 Å². The molecule has 8 heteroatoms. The number of hydrogen-bond acceptors (Lipinski definition) is 4. The molecule has 0 aromatic carbocycles. The number of halogens is 3. The molecule has 1 unspecified atom stereocenters. The topological polar surface area (TPSA) is 65.8 Å². The lowest BCUT2D eigenvalue weighted by atomic mass is 9.86. The number of imidazole rings is 1. The number of rotatable bonds is 2. The Balaban J connectivity index is 1.74. The Kier molecular flexibility index (Phi) is 4.15. The second-order valence-corrected chi connectivity index (χ2v) is 6.32. The first kappa shape index (κ1) is 17.2. The summed E-state index contributed by atoms with van der Waals surface area (Å²) in [6.07, 6.45) is 4.72. The molecule has 4 rings (SSSR count). The van der Waals surface area contributed by atoms with E-state index in [9.17, 15) is 18.4 Å². The van der Waals surface area contributed by atoms with Gasteiger partial charge >= 0.3 is 6.18 Å². The van der Waals surface area contributed by atoms with Crippen LogP contribution in [0.2, 0.25) is 0 Å². The van der Waals surface area contributed by atoms with Gasteiger partial charge in [-0.2, -0.15) is 18.4 Å². The van der Waals surface area contributed by atoms with Gasteiger partial charge in [0.2, 0.25) is 0 Å². The molecule has 0 bridgehead atoms. The fraction of sp³-hybridized carbons (Fsp3) is 0.263. The standard InChI is InChI=1S/C19H14F3N5/c20-19(21,22)16-5-1-4-15(26-16)18-14(3-2-8-24-18)12-6-7-17-25-10-13(9-23)27(17)11-12/h2,5-8,10-11,14H,1,3-4H2. The predicted molar refractivity (Wildman–Crippen MR) is 94.6 cm³/mol. The number of hydrogen-bond donors (Lipinski definition) is 0. The van der Waals surface area contributed by atoms with Crippen molar-refractivity contribution in [3.8, 4) is 6.07 Å². The Morgan fingerprint density at radius 2 is 2.11 bits per heavy atom. The third-order valence-corrected chi connectivity index (χ3v) is 4.63. The van der Waals surface area contributed by atoms with Crippen molar-refractivity contribution in [1.29, 1.82) is 5.26 Å². The minimum atomic E-state index is -4.47. The van der Waals surface area contributed by atoms with Crippen LogP contribution in [0.5, 0.6) is 0 Å². The zero-order valence-electron chi connectivity index (χ0n) is 14.1. The Morgan fingerprint density at radius 3 is 2.89 bits per heavy atom. The zero-order valence-corrected chi connectivity index (χ0v) is 14.1. The molecule has 0 spiro atoms. The summed E-state index contributed by atoms with van der Waals surface area (Å²) in [5.41, 5.74) is 1.93. The van der Waals surface area contributed by atoms with E-state index in [1.54, 1.807) is 22.9 Å². The maximum absolute atomic E-state index is 13.1. The SMILES string of the molecule is N#Cc1cnc2ccc(C3CC=CN=C3C3=NC(C(F)(F)F)=CCC3)cn12. The van der Waals surface area contributed by atoms with Crippen LogP contribution in [0.25, 0.3) is 5.65 Å². The van der Waals surface area contributed by atoms with Crippen molar-refractivity contribution < 1.29 is 13.2 Å². The normalized spacial score (nSPS) is 20.1. The Labute approximate surface area is 152 Å². The molecule has 4 heterocycles. The summed E-state index contributed by atoms with van der Waals surface area (Å²) < 4.78 is 40.8. The smallest absolute Gasteiger partial charge is 0.291 e. The predicted octanol–water partition coefficient (Wildman–Crippen LogP) is 4.33. The van der Waals surface area contributed by atoms with E-state index in [0.717, 1.165) is 11.6 Å². The first-order valence-corrected chi connectivity index (χ1v) is 8.42. The molecule has 0 aliphatic carbocycles. The van der Waals surface area contributed by atoms with Crippen LogP contribution in [0.3, 0.4) is 0 Å². The summed E-state index contributed by atoms with van der Waals surface area (Å²) >= 11 is 0. The number of alkyl halides is 3. The largest absolute Gasteiger partial charge is 0.433 e. The number of pyridine rings is 1. The van der Waals surface area contributed by atoms with Gasteiger partial charge in [-0.3, -0.25) is 9.39 Å². The quantitative estimate of drug-likeness (QED) is 0.791. The molecule has 2 aliphatic rings. The number of nitrogens with zero attached hydrogens (tertiary/aromatic N) is 5. The van der Waals surface area contributed by atoms with Gasteiger partial charge < -0.3 is 0 Å². The average molecular weight is 369 g/mol. The highest BCUT2D eigenvalue weighted by molar-refractivity contribution is 6.45. The van der Waals surface area contributed by atoms with E-state index in [1.165, 1.54) is 6.20 Å². The van der Waals surface area contributed by atoms with Crippen LogP contribution in [0.1, 0.15) is 36.4 Å². The van der Waals surface area contributed by atoms with Gasteiger partial charge in [0.15, 0.2) is 0 Å². The van der Waals surface area contributed by atoms with Gasteiger partial charge in [0.25, 0.3) is 0 Å². The van der Waals surface area contributed by atoms with Crippen molar-refractivity contribution in [3.63, 3.8) is 0 Å². The number of allylic oxidation sites excluding steroid dienone is 3. The maximum Gasteiger partial charge on any atom is 0.433 e. The molecule has 0 radical (unpaired) electrons. The van der Waals surface area contributed by atoms with Crippen LogP contribution in [-0.2, 0) is 0 Å². The van der Waals surface area contributed by atoms with Crippen molar-refractivity contribution in [1.82, 2.24) is 9.38 Å². The Hall–Kier alpha value is -3.21. The number of nitriles is 1. The van der Waals surface area contributed by atoms with Gasteiger partial charge in [-0.1, -0.05) is 18.2 Å². The van der Waals surface area contributed by atoms with E-state index in [2.05, 4.69) is 21.0 Å². The fourth-order valence-corrected chi connectivity index (χ4v) is 3.34. The second kappa shape index (κ2) is 6.50. The van der Waals surface area contributed by atoms with Gasteiger partial charge in [-0.05, 0) is 30.9 Å². The second-order valence-electron chi connectivity index (χ2n) is 6.32. The van der Waals surface area contributed by atoms with Crippen molar-refractivity contribution in [2.24, 2.45) is 9.98 Å². The van der Waals surface area contributed by atoms with Crippen LogP contribution >= 0.6 is 0 Å². The summed E-state index contributed by atoms with van der Waals surface area (Å²) in [4.78, 5) is 12.4. The maximum atomic E-state index is 13.1. The minimum absolute atomic E-state index is 0.223. The number of aromatic nitrogens is 2. The molecule has 1 atom stereocenters. The monoisotopic (exact) mass is 369 g/mol. The summed E-state index contributed by atoms with van der Waals surface area (Å²) in [6.45, 7) is 0. The fourth-order valence-electron chi connectivity index (χ4n) is 3.34. The Morgan fingerprint density at radius 1 is 1.26 bits per heavy atom. The summed E-state index contributed by atoms with van der Waals surface area (Å²) in [6, 6.07) is 5.73. The lowest BCUT2D eigenvalue weighted by Gasteiger charge is -2.24. The number of aliphatic imine (C=N–C) groups is 2. The third kappa shape index (κ3) is 3.16. The third-order valence-electron chi connectivity index (χ3n) is 4.63. The van der Waals surface area contributed by atoms with E-state index in [4.69, 9.17) is 0 Å². The van der Waals surface area contributed by atoms with Gasteiger partial charge in [0.05, 0.1) is 17.6 Å². The van der Waals surface area contributed by atoms with Crippen molar-refractivity contribution >= 4 is 17.1 Å². The van der Waals surface area contributed by atoms with E-state index in [0.29, 0.717) is 35.6 Å². The highest BCUT2D eigenvalue weighted by Crippen LogP contribution is 2.33. The van der Waals surface area contributed by atoms with Gasteiger partial charge in [-0.25, -0.2) is 9.98 Å².